The lowest BCUT2D eigenvalue weighted by atomic mass is 10.0. The minimum atomic E-state index is -4.16. The first-order chi connectivity index (χ1) is 8.86. The van der Waals surface area contributed by atoms with Gasteiger partial charge in [-0.1, -0.05) is 43.7 Å². The molecule has 0 fully saturated rings. The van der Waals surface area contributed by atoms with Gasteiger partial charge in [-0.25, -0.2) is 0 Å². The van der Waals surface area contributed by atoms with Crippen LogP contribution in [0.15, 0.2) is 30.3 Å². The molecular formula is C13H19ClO4S. The van der Waals surface area contributed by atoms with E-state index < -0.39 is 26.8 Å². The van der Waals surface area contributed by atoms with Crippen molar-refractivity contribution in [2.24, 2.45) is 0 Å². The summed E-state index contributed by atoms with van der Waals surface area (Å²) in [7, 11) is -4.16. The fourth-order valence-electron chi connectivity index (χ4n) is 1.96. The third-order valence-corrected chi connectivity index (χ3v) is 4.81. The monoisotopic (exact) mass is 306 g/mol. The molecule has 108 valence electrons. The quantitative estimate of drug-likeness (QED) is 0.600. The van der Waals surface area contributed by atoms with Gasteiger partial charge in [-0.15, -0.1) is 11.6 Å². The molecule has 0 heterocycles. The molecule has 0 bridgehead atoms. The third-order valence-electron chi connectivity index (χ3n) is 2.99. The zero-order valence-corrected chi connectivity index (χ0v) is 12.3. The number of hydrogen-bond donors (Lipinski definition) is 2. The van der Waals surface area contributed by atoms with E-state index in [4.69, 9.17) is 16.2 Å². The van der Waals surface area contributed by atoms with E-state index in [-0.39, 0.29) is 6.42 Å². The molecule has 1 aromatic carbocycles. The predicted molar refractivity (Wildman–Crippen MR) is 75.9 cm³/mol. The van der Waals surface area contributed by atoms with Crippen molar-refractivity contribution in [3.8, 4) is 0 Å². The number of halogens is 1. The zero-order valence-electron chi connectivity index (χ0n) is 10.7. The minimum Gasteiger partial charge on any atom is -0.391 e. The van der Waals surface area contributed by atoms with Crippen molar-refractivity contribution in [2.75, 3.05) is 0 Å². The second-order valence-electron chi connectivity index (χ2n) is 4.54. The maximum atomic E-state index is 11.2. The molecule has 0 saturated heterocycles. The lowest BCUT2D eigenvalue weighted by Crippen LogP contribution is -2.28. The van der Waals surface area contributed by atoms with Gasteiger partial charge in [-0.05, 0) is 18.4 Å². The van der Waals surface area contributed by atoms with E-state index in [2.05, 4.69) is 0 Å². The molecule has 3 atom stereocenters. The van der Waals surface area contributed by atoms with Crippen molar-refractivity contribution in [3.63, 3.8) is 0 Å². The summed E-state index contributed by atoms with van der Waals surface area (Å²) in [6.07, 6.45) is -0.193. The first kappa shape index (κ1) is 16.4. The third kappa shape index (κ3) is 5.10. The van der Waals surface area contributed by atoms with Gasteiger partial charge in [-0.3, -0.25) is 4.55 Å². The largest absolute Gasteiger partial charge is 0.391 e. The molecule has 0 aromatic heterocycles. The summed E-state index contributed by atoms with van der Waals surface area (Å²) in [5.74, 6) is 0. The fourth-order valence-corrected chi connectivity index (χ4v) is 3.18. The van der Waals surface area contributed by atoms with Gasteiger partial charge in [0.2, 0.25) is 0 Å². The Morgan fingerprint density at radius 3 is 2.32 bits per heavy atom. The van der Waals surface area contributed by atoms with Crippen LogP contribution < -0.4 is 0 Å². The Hall–Kier alpha value is -0.620. The van der Waals surface area contributed by atoms with Crippen LogP contribution >= 0.6 is 11.6 Å². The fraction of sp³-hybridized carbons (Fsp3) is 0.538. The van der Waals surface area contributed by atoms with Crippen LogP contribution in [-0.4, -0.2) is 29.4 Å². The molecule has 1 aromatic rings. The number of alkyl halides is 1. The highest BCUT2D eigenvalue weighted by molar-refractivity contribution is 7.86. The predicted octanol–water partition coefficient (Wildman–Crippen LogP) is 2.77. The van der Waals surface area contributed by atoms with Gasteiger partial charge < -0.3 is 5.11 Å². The standard InChI is InChI=1S/C13H19ClO4S/c1-2-6-11(19(16,17)18)9-12(15)13(14)10-7-4-3-5-8-10/h3-5,7-8,11-13,15H,2,6,9H2,1H3,(H,16,17,18). The number of aliphatic hydroxyl groups excluding tert-OH is 1. The first-order valence-corrected chi connectivity index (χ1v) is 8.13. The van der Waals surface area contributed by atoms with Crippen LogP contribution in [0.25, 0.3) is 0 Å². The lowest BCUT2D eigenvalue weighted by Gasteiger charge is -2.21. The molecule has 2 N–H and O–H groups in total. The van der Waals surface area contributed by atoms with E-state index in [9.17, 15) is 13.5 Å². The summed E-state index contributed by atoms with van der Waals surface area (Å²) in [4.78, 5) is 0. The van der Waals surface area contributed by atoms with Crippen molar-refractivity contribution in [2.45, 2.75) is 42.9 Å². The van der Waals surface area contributed by atoms with Crippen LogP contribution in [0.5, 0.6) is 0 Å². The molecule has 1 rings (SSSR count). The molecule has 0 radical (unpaired) electrons. The van der Waals surface area contributed by atoms with Crippen LogP contribution in [0.1, 0.15) is 37.1 Å². The highest BCUT2D eigenvalue weighted by Gasteiger charge is 2.29. The molecule has 0 aliphatic heterocycles. The van der Waals surface area contributed by atoms with Gasteiger partial charge in [0, 0.05) is 0 Å². The summed E-state index contributed by atoms with van der Waals surface area (Å²) in [5.41, 5.74) is 0.724. The number of hydrogen-bond acceptors (Lipinski definition) is 3. The van der Waals surface area contributed by atoms with E-state index in [1.807, 2.05) is 13.0 Å². The maximum absolute atomic E-state index is 11.2. The summed E-state index contributed by atoms with van der Waals surface area (Å²) in [6, 6.07) is 8.96. The van der Waals surface area contributed by atoms with Crippen LogP contribution in [0.3, 0.4) is 0 Å². The highest BCUT2D eigenvalue weighted by atomic mass is 35.5. The molecule has 3 unspecified atom stereocenters. The van der Waals surface area contributed by atoms with E-state index in [0.717, 1.165) is 5.56 Å². The first-order valence-electron chi connectivity index (χ1n) is 6.19. The Morgan fingerprint density at radius 2 is 1.84 bits per heavy atom. The Kier molecular flexibility index (Phi) is 6.26. The van der Waals surface area contributed by atoms with Crippen LogP contribution in [0, 0.1) is 0 Å². The van der Waals surface area contributed by atoms with Gasteiger partial charge >= 0.3 is 0 Å². The van der Waals surface area contributed by atoms with Crippen molar-refractivity contribution < 1.29 is 18.1 Å². The molecule has 4 nitrogen and oxygen atoms in total. The van der Waals surface area contributed by atoms with Crippen molar-refractivity contribution in [1.29, 1.82) is 0 Å². The summed E-state index contributed by atoms with van der Waals surface area (Å²) in [5, 5.41) is 8.36. The normalized spacial score (nSPS) is 16.8. The molecule has 6 heteroatoms. The minimum absolute atomic E-state index is 0.0737. The number of benzene rings is 1. The van der Waals surface area contributed by atoms with E-state index in [1.165, 1.54) is 0 Å². The molecule has 0 aliphatic rings. The van der Waals surface area contributed by atoms with Gasteiger partial charge in [-0.2, -0.15) is 8.42 Å². The summed E-state index contributed by atoms with van der Waals surface area (Å²) >= 11 is 6.12. The van der Waals surface area contributed by atoms with Crippen molar-refractivity contribution >= 4 is 21.7 Å². The maximum Gasteiger partial charge on any atom is 0.267 e. The smallest absolute Gasteiger partial charge is 0.267 e. The second kappa shape index (κ2) is 7.24. The molecule has 0 amide bonds. The molecule has 0 spiro atoms. The second-order valence-corrected chi connectivity index (χ2v) is 6.71. The Balaban J connectivity index is 2.75. The Morgan fingerprint density at radius 1 is 1.26 bits per heavy atom. The average molecular weight is 307 g/mol. The molecule has 0 saturated carbocycles. The summed E-state index contributed by atoms with van der Waals surface area (Å²) < 4.78 is 31.6. The summed E-state index contributed by atoms with van der Waals surface area (Å²) in [6.45, 7) is 1.82. The number of aliphatic hydroxyl groups is 1. The van der Waals surface area contributed by atoms with Crippen molar-refractivity contribution in [1.82, 2.24) is 0 Å². The van der Waals surface area contributed by atoms with Crippen molar-refractivity contribution in [3.05, 3.63) is 35.9 Å². The van der Waals surface area contributed by atoms with Gasteiger partial charge in [0.25, 0.3) is 10.1 Å². The molecule has 19 heavy (non-hydrogen) atoms. The van der Waals surface area contributed by atoms with Gasteiger partial charge in [0.1, 0.15) is 0 Å². The zero-order chi connectivity index (χ0) is 14.5. The van der Waals surface area contributed by atoms with Crippen LogP contribution in [0.2, 0.25) is 0 Å². The van der Waals surface area contributed by atoms with E-state index in [0.29, 0.717) is 12.8 Å². The van der Waals surface area contributed by atoms with Crippen LogP contribution in [0.4, 0.5) is 0 Å². The Bertz CT molecular complexity index is 475. The topological polar surface area (TPSA) is 74.6 Å². The highest BCUT2D eigenvalue weighted by Crippen LogP contribution is 2.28. The van der Waals surface area contributed by atoms with E-state index in [1.54, 1.807) is 24.3 Å². The Labute approximate surface area is 119 Å². The van der Waals surface area contributed by atoms with Crippen LogP contribution in [-0.2, 0) is 10.1 Å². The average Bonchev–Trinajstić information content (AvgIpc) is 2.37. The SMILES string of the molecule is CCCC(CC(O)C(Cl)c1ccccc1)S(=O)(=O)O. The van der Waals surface area contributed by atoms with E-state index >= 15 is 0 Å². The van der Waals surface area contributed by atoms with Gasteiger partial charge in [0.15, 0.2) is 0 Å². The molecular weight excluding hydrogens is 288 g/mol. The van der Waals surface area contributed by atoms with Gasteiger partial charge in [0.05, 0.1) is 16.7 Å². The lowest BCUT2D eigenvalue weighted by molar-refractivity contribution is 0.155. The number of rotatable bonds is 7. The molecule has 0 aliphatic carbocycles.